The van der Waals surface area contributed by atoms with Crippen LogP contribution in [0.4, 0.5) is 26.3 Å². The maximum atomic E-state index is 14.2. The minimum atomic E-state index is -4.60. The number of carbonyl (C=O) groups excluding carboxylic acids is 1. The van der Waals surface area contributed by atoms with Crippen molar-refractivity contribution in [2.24, 2.45) is 0 Å². The fourth-order valence-corrected chi connectivity index (χ4v) is 5.57. The van der Waals surface area contributed by atoms with E-state index in [-0.39, 0.29) is 24.1 Å². The van der Waals surface area contributed by atoms with Gasteiger partial charge in [-0.25, -0.2) is 31.6 Å². The molecule has 3 heterocycles. The van der Waals surface area contributed by atoms with Gasteiger partial charge in [0, 0.05) is 36.8 Å². The lowest BCUT2D eigenvalue weighted by molar-refractivity contribution is -0.141. The van der Waals surface area contributed by atoms with E-state index < -0.39 is 69.4 Å². The number of benzene rings is 1. The summed E-state index contributed by atoms with van der Waals surface area (Å²) >= 11 is 0. The van der Waals surface area contributed by atoms with E-state index in [9.17, 15) is 39.6 Å². The van der Waals surface area contributed by atoms with Gasteiger partial charge < -0.3 is 0 Å². The van der Waals surface area contributed by atoms with Gasteiger partial charge in [-0.05, 0) is 42.8 Å². The van der Waals surface area contributed by atoms with Gasteiger partial charge in [-0.2, -0.15) is 17.5 Å². The molecule has 0 N–H and O–H groups in total. The Bertz CT molecular complexity index is 1420. The molecule has 1 fully saturated rings. The van der Waals surface area contributed by atoms with Crippen LogP contribution in [0.2, 0.25) is 0 Å². The highest BCUT2D eigenvalue weighted by Gasteiger charge is 2.44. The van der Waals surface area contributed by atoms with E-state index in [1.807, 2.05) is 0 Å². The summed E-state index contributed by atoms with van der Waals surface area (Å²) in [6.45, 7) is -0.615. The molecule has 1 aromatic carbocycles. The predicted molar refractivity (Wildman–Crippen MR) is 117 cm³/mol. The van der Waals surface area contributed by atoms with E-state index in [1.54, 1.807) is 0 Å². The Labute approximate surface area is 207 Å². The van der Waals surface area contributed by atoms with Gasteiger partial charge in [-0.1, -0.05) is 0 Å². The Kier molecular flexibility index (Phi) is 7.33. The summed E-state index contributed by atoms with van der Waals surface area (Å²) in [6.07, 6.45) is -4.69. The molecule has 2 atom stereocenters. The summed E-state index contributed by atoms with van der Waals surface area (Å²) in [5.74, 6) is -3.27. The number of hydrogen-bond acceptors (Lipinski definition) is 6. The highest BCUT2D eigenvalue weighted by molar-refractivity contribution is 7.89. The predicted octanol–water partition coefficient (Wildman–Crippen LogP) is 4.14. The molecule has 0 bridgehead atoms. The van der Waals surface area contributed by atoms with Crippen molar-refractivity contribution in [3.05, 3.63) is 71.9 Å². The number of alkyl halides is 4. The smallest absolute Gasteiger partial charge is 0.298 e. The number of carbonyl (C=O) groups is 1. The molecule has 0 spiro atoms. The van der Waals surface area contributed by atoms with E-state index in [4.69, 9.17) is 0 Å². The molecule has 0 radical (unpaired) electrons. The molecule has 14 heteroatoms. The van der Waals surface area contributed by atoms with Gasteiger partial charge in [0.15, 0.2) is 17.4 Å². The SMILES string of the molecule is O=C(CCc1cc(-c2ccc(C(F)(F)F)nc2)ncn1)[C@@H]1C[C@@H](F)CN1S(=O)(=O)c1ccc(F)c(F)c1. The topological polar surface area (TPSA) is 93.1 Å². The maximum absolute atomic E-state index is 14.2. The number of ketones is 1. The summed E-state index contributed by atoms with van der Waals surface area (Å²) in [7, 11) is -4.49. The summed E-state index contributed by atoms with van der Waals surface area (Å²) in [5, 5.41) is 0. The second-order valence-electron chi connectivity index (χ2n) is 8.29. The zero-order valence-corrected chi connectivity index (χ0v) is 19.6. The second kappa shape index (κ2) is 10.2. The third kappa shape index (κ3) is 5.80. The number of sulfonamides is 1. The molecule has 4 rings (SSSR count). The molecule has 0 amide bonds. The normalized spacial score (nSPS) is 18.8. The van der Waals surface area contributed by atoms with Crippen LogP contribution in [0.15, 0.2) is 53.8 Å². The largest absolute Gasteiger partial charge is 0.433 e. The molecule has 1 aliphatic rings. The fourth-order valence-electron chi connectivity index (χ4n) is 3.91. The highest BCUT2D eigenvalue weighted by atomic mass is 32.2. The van der Waals surface area contributed by atoms with Crippen LogP contribution in [-0.4, -0.2) is 52.2 Å². The Balaban J connectivity index is 1.48. The number of halogens is 6. The lowest BCUT2D eigenvalue weighted by atomic mass is 10.0. The first kappa shape index (κ1) is 26.7. The molecular weight excluding hydrogens is 526 g/mol. The third-order valence-corrected chi connectivity index (χ3v) is 7.65. The lowest BCUT2D eigenvalue weighted by Gasteiger charge is -2.22. The number of aryl methyl sites for hydroxylation is 1. The molecule has 3 aromatic rings. The Morgan fingerprint density at radius 2 is 1.78 bits per heavy atom. The van der Waals surface area contributed by atoms with Gasteiger partial charge in [0.1, 0.15) is 18.2 Å². The lowest BCUT2D eigenvalue weighted by Crippen LogP contribution is -2.40. The number of Topliss-reactive ketones (excluding diaryl/α,β-unsaturated/α-hetero) is 1. The number of nitrogens with zero attached hydrogens (tertiary/aromatic N) is 4. The number of aromatic nitrogens is 3. The van der Waals surface area contributed by atoms with Crippen LogP contribution in [0.1, 0.15) is 24.2 Å². The van der Waals surface area contributed by atoms with Crippen LogP contribution in [-0.2, 0) is 27.4 Å². The molecule has 37 heavy (non-hydrogen) atoms. The highest BCUT2D eigenvalue weighted by Crippen LogP contribution is 2.31. The molecule has 196 valence electrons. The average molecular weight is 544 g/mol. The number of hydrogen-bond donors (Lipinski definition) is 0. The van der Waals surface area contributed by atoms with Crippen molar-refractivity contribution in [3.63, 3.8) is 0 Å². The minimum Gasteiger partial charge on any atom is -0.298 e. The van der Waals surface area contributed by atoms with E-state index in [1.165, 1.54) is 12.1 Å². The first-order valence-corrected chi connectivity index (χ1v) is 12.3. The molecule has 0 saturated carbocycles. The van der Waals surface area contributed by atoms with Gasteiger partial charge >= 0.3 is 6.18 Å². The molecule has 1 aliphatic heterocycles. The van der Waals surface area contributed by atoms with Crippen molar-refractivity contribution >= 4 is 15.8 Å². The summed E-state index contributed by atoms with van der Waals surface area (Å²) in [6, 6.07) is 4.01. The van der Waals surface area contributed by atoms with Crippen LogP contribution in [0.5, 0.6) is 0 Å². The van der Waals surface area contributed by atoms with Crippen molar-refractivity contribution in [1.29, 1.82) is 0 Å². The van der Waals surface area contributed by atoms with Gasteiger partial charge in [0.05, 0.1) is 16.6 Å². The summed E-state index contributed by atoms with van der Waals surface area (Å²) in [5.41, 5.74) is -0.196. The second-order valence-corrected chi connectivity index (χ2v) is 10.2. The zero-order chi connectivity index (χ0) is 27.0. The Morgan fingerprint density at radius 1 is 1.03 bits per heavy atom. The first-order chi connectivity index (χ1) is 17.4. The molecule has 2 aromatic heterocycles. The van der Waals surface area contributed by atoms with Gasteiger partial charge in [0.25, 0.3) is 0 Å². The van der Waals surface area contributed by atoms with Crippen molar-refractivity contribution in [1.82, 2.24) is 19.3 Å². The molecule has 0 aliphatic carbocycles. The standard InChI is InChI=1S/C23H18F6N4O3S/c24-14-7-20(33(11-14)37(35,36)16-3-4-17(25)18(26)9-16)21(34)5-2-15-8-19(32-12-31-15)13-1-6-22(30-10-13)23(27,28)29/h1,3-4,6,8-10,12,14,20H,2,5,7,11H2/t14-,20+/m1/s1. The van der Waals surface area contributed by atoms with Gasteiger partial charge in [-0.15, -0.1) is 0 Å². The van der Waals surface area contributed by atoms with Crippen molar-refractivity contribution < 1.29 is 39.6 Å². The van der Waals surface area contributed by atoms with Crippen molar-refractivity contribution in [2.45, 2.75) is 42.5 Å². The van der Waals surface area contributed by atoms with Crippen LogP contribution in [0.3, 0.4) is 0 Å². The number of rotatable bonds is 7. The van der Waals surface area contributed by atoms with E-state index >= 15 is 0 Å². The minimum absolute atomic E-state index is 0.00886. The Morgan fingerprint density at radius 3 is 2.43 bits per heavy atom. The quantitative estimate of drug-likeness (QED) is 0.416. The van der Waals surface area contributed by atoms with Gasteiger partial charge in [0.2, 0.25) is 10.0 Å². The van der Waals surface area contributed by atoms with E-state index in [2.05, 4.69) is 15.0 Å². The van der Waals surface area contributed by atoms with Crippen LogP contribution in [0, 0.1) is 11.6 Å². The molecular formula is C23H18F6N4O3S. The fraction of sp³-hybridized carbons (Fsp3) is 0.304. The number of pyridine rings is 1. The Hall–Kier alpha value is -3.39. The summed E-state index contributed by atoms with van der Waals surface area (Å²) in [4.78, 5) is 23.7. The molecule has 1 saturated heterocycles. The van der Waals surface area contributed by atoms with Crippen LogP contribution in [0.25, 0.3) is 11.3 Å². The third-order valence-electron chi connectivity index (χ3n) is 5.77. The summed E-state index contributed by atoms with van der Waals surface area (Å²) < 4.78 is 106. The zero-order valence-electron chi connectivity index (χ0n) is 18.8. The van der Waals surface area contributed by atoms with Crippen molar-refractivity contribution in [3.8, 4) is 11.3 Å². The van der Waals surface area contributed by atoms with Gasteiger partial charge in [-0.3, -0.25) is 9.78 Å². The van der Waals surface area contributed by atoms with E-state index in [0.29, 0.717) is 22.1 Å². The van der Waals surface area contributed by atoms with Crippen LogP contribution < -0.4 is 0 Å². The first-order valence-electron chi connectivity index (χ1n) is 10.8. The van der Waals surface area contributed by atoms with Crippen LogP contribution >= 0.6 is 0 Å². The van der Waals surface area contributed by atoms with E-state index in [0.717, 1.165) is 24.7 Å². The average Bonchev–Trinajstić information content (AvgIpc) is 3.26. The maximum Gasteiger partial charge on any atom is 0.433 e. The monoisotopic (exact) mass is 544 g/mol. The molecule has 7 nitrogen and oxygen atoms in total. The molecule has 0 unspecified atom stereocenters. The van der Waals surface area contributed by atoms with Crippen molar-refractivity contribution in [2.75, 3.05) is 6.54 Å².